The van der Waals surface area contributed by atoms with Crippen molar-refractivity contribution in [3.63, 3.8) is 0 Å². The van der Waals surface area contributed by atoms with E-state index < -0.39 is 0 Å². The highest BCUT2D eigenvalue weighted by atomic mass is 35.5. The molecule has 7 heavy (non-hydrogen) atoms. The van der Waals surface area contributed by atoms with E-state index in [4.69, 9.17) is 11.6 Å². The summed E-state index contributed by atoms with van der Waals surface area (Å²) in [6.07, 6.45) is 1.94. The topological polar surface area (TPSA) is 17.1 Å². The van der Waals surface area contributed by atoms with Gasteiger partial charge in [-0.2, -0.15) is 0 Å². The molecule has 0 aliphatic rings. The molecule has 2 heteroatoms. The lowest BCUT2D eigenvalue weighted by molar-refractivity contribution is -0.115. The first kappa shape index (κ1) is 6.70. The van der Waals surface area contributed by atoms with Crippen molar-refractivity contribution in [2.45, 2.75) is 6.42 Å². The van der Waals surface area contributed by atoms with Gasteiger partial charge in [-0.25, -0.2) is 0 Å². The molecule has 0 aromatic carbocycles. The zero-order valence-electron chi connectivity index (χ0n) is 3.98. The van der Waals surface area contributed by atoms with Crippen LogP contribution in [0.3, 0.4) is 0 Å². The summed E-state index contributed by atoms with van der Waals surface area (Å²) < 4.78 is 0. The fourth-order valence-electron chi connectivity index (χ4n) is 0.216. The molecule has 0 saturated carbocycles. The summed E-state index contributed by atoms with van der Waals surface area (Å²) >= 11 is 5.13. The van der Waals surface area contributed by atoms with Crippen molar-refractivity contribution in [2.75, 3.05) is 5.88 Å². The Morgan fingerprint density at radius 3 is 2.57 bits per heavy atom. The lowest BCUT2D eigenvalue weighted by Crippen LogP contribution is -1.94. The van der Waals surface area contributed by atoms with Gasteiger partial charge in [0.15, 0.2) is 5.78 Å². The van der Waals surface area contributed by atoms with Gasteiger partial charge in [0.2, 0.25) is 0 Å². The third kappa shape index (κ3) is 3.53. The lowest BCUT2D eigenvalue weighted by Gasteiger charge is -1.81. The molecule has 0 fully saturated rings. The van der Waals surface area contributed by atoms with Crippen LogP contribution in [0.5, 0.6) is 0 Å². The average molecular weight is 119 g/mol. The molecule has 0 aromatic rings. The van der Waals surface area contributed by atoms with E-state index in [0.29, 0.717) is 6.42 Å². The smallest absolute Gasteiger partial charge is 0.151 e. The molecule has 0 saturated heterocycles. The maximum absolute atomic E-state index is 10.2. The van der Waals surface area contributed by atoms with Crippen LogP contribution in [0, 0.1) is 0 Å². The van der Waals surface area contributed by atoms with Crippen LogP contribution in [0.2, 0.25) is 0 Å². The van der Waals surface area contributed by atoms with Gasteiger partial charge in [-0.3, -0.25) is 4.79 Å². The Bertz CT molecular complexity index is 78.1. The molecule has 0 amide bonds. The van der Waals surface area contributed by atoms with Gasteiger partial charge in [0.25, 0.3) is 0 Å². The minimum Gasteiger partial charge on any atom is -0.298 e. The summed E-state index contributed by atoms with van der Waals surface area (Å²) in [7, 11) is 0. The maximum Gasteiger partial charge on any atom is 0.151 e. The summed E-state index contributed by atoms with van der Waals surface area (Å²) in [4.78, 5) is 10.2. The van der Waals surface area contributed by atoms with Gasteiger partial charge in [-0.05, 0) is 0 Å². The zero-order valence-corrected chi connectivity index (χ0v) is 4.74. The molecule has 0 aliphatic carbocycles. The van der Waals surface area contributed by atoms with Gasteiger partial charge in [-0.1, -0.05) is 6.08 Å². The Hall–Kier alpha value is -0.300. The van der Waals surface area contributed by atoms with Crippen LogP contribution >= 0.6 is 11.6 Å². The van der Waals surface area contributed by atoms with Crippen molar-refractivity contribution < 1.29 is 4.79 Å². The summed E-state index contributed by atoms with van der Waals surface area (Å²) in [6, 6.07) is 0. The first-order valence-electron chi connectivity index (χ1n) is 1.99. The molecule has 0 aromatic heterocycles. The molecule has 0 atom stereocenters. The summed E-state index contributed by atoms with van der Waals surface area (Å²) in [5.74, 6) is 0.128. The lowest BCUT2D eigenvalue weighted by atomic mass is 10.3. The number of carbonyl (C=O) groups excluding carboxylic acids is 1. The molecular weight excluding hydrogens is 112 g/mol. The van der Waals surface area contributed by atoms with Crippen molar-refractivity contribution in [2.24, 2.45) is 0 Å². The minimum atomic E-state index is 0.0247. The highest BCUT2D eigenvalue weighted by Gasteiger charge is 1.90. The molecule has 40 valence electrons. The van der Waals surface area contributed by atoms with Gasteiger partial charge in [0.1, 0.15) is 0 Å². The molecule has 0 aliphatic heterocycles. The molecular formula is C5H7ClO. The van der Waals surface area contributed by atoms with Gasteiger partial charge in [0.05, 0.1) is 5.88 Å². The van der Waals surface area contributed by atoms with Crippen molar-refractivity contribution in [1.29, 1.82) is 0 Å². The third-order valence-electron chi connectivity index (χ3n) is 0.521. The second-order valence-corrected chi connectivity index (χ2v) is 1.43. The Labute approximate surface area is 48.0 Å². The number of Topliss-reactive ketones (excluding diaryl/α,β-unsaturated/α-hetero) is 1. The zero-order chi connectivity index (χ0) is 5.70. The monoisotopic (exact) mass is 118 g/mol. The second kappa shape index (κ2) is 3.88. The minimum absolute atomic E-state index is 0.0247. The molecule has 0 unspecified atom stereocenters. The van der Waals surface area contributed by atoms with E-state index >= 15 is 0 Å². The number of halogens is 1. The summed E-state index contributed by atoms with van der Waals surface area (Å²) in [5, 5.41) is 0. The van der Waals surface area contributed by atoms with Crippen molar-refractivity contribution in [1.82, 2.24) is 0 Å². The third-order valence-corrected chi connectivity index (χ3v) is 0.819. The predicted molar refractivity (Wildman–Crippen MR) is 30.5 cm³/mol. The van der Waals surface area contributed by atoms with Crippen LogP contribution in [-0.4, -0.2) is 11.7 Å². The van der Waals surface area contributed by atoms with Crippen LogP contribution in [0.1, 0.15) is 6.42 Å². The molecule has 0 N–H and O–H groups in total. The van der Waals surface area contributed by atoms with Gasteiger partial charge >= 0.3 is 0 Å². The Kier molecular flexibility index (Phi) is 3.71. The Morgan fingerprint density at radius 1 is 1.86 bits per heavy atom. The van der Waals surface area contributed by atoms with E-state index in [1.54, 1.807) is 6.08 Å². The maximum atomic E-state index is 10.2. The number of hydrogen-bond acceptors (Lipinski definition) is 1. The highest BCUT2D eigenvalue weighted by Crippen LogP contribution is 1.85. The molecule has 0 radical (unpaired) electrons. The van der Waals surface area contributed by atoms with E-state index in [2.05, 4.69) is 6.58 Å². The van der Waals surface area contributed by atoms with Crippen molar-refractivity contribution in [3.8, 4) is 0 Å². The molecule has 0 spiro atoms. The number of ketones is 1. The van der Waals surface area contributed by atoms with Crippen molar-refractivity contribution in [3.05, 3.63) is 12.7 Å². The van der Waals surface area contributed by atoms with E-state index in [0.717, 1.165) is 0 Å². The number of alkyl halides is 1. The summed E-state index contributed by atoms with van der Waals surface area (Å²) in [6.45, 7) is 3.37. The summed E-state index contributed by atoms with van der Waals surface area (Å²) in [5.41, 5.74) is 0. The van der Waals surface area contributed by atoms with E-state index in [9.17, 15) is 4.79 Å². The van der Waals surface area contributed by atoms with Crippen LogP contribution in [0.4, 0.5) is 0 Å². The van der Waals surface area contributed by atoms with Crippen LogP contribution in [0.15, 0.2) is 12.7 Å². The second-order valence-electron chi connectivity index (χ2n) is 1.17. The number of hydrogen-bond donors (Lipinski definition) is 0. The largest absolute Gasteiger partial charge is 0.298 e. The van der Waals surface area contributed by atoms with E-state index in [1.165, 1.54) is 0 Å². The quantitative estimate of drug-likeness (QED) is 0.404. The average Bonchev–Trinajstić information content (AvgIpc) is 1.68. The fourth-order valence-corrected chi connectivity index (χ4v) is 0.325. The predicted octanol–water partition coefficient (Wildman–Crippen LogP) is 1.37. The van der Waals surface area contributed by atoms with E-state index in [1.807, 2.05) is 0 Å². The van der Waals surface area contributed by atoms with Crippen LogP contribution in [0.25, 0.3) is 0 Å². The van der Waals surface area contributed by atoms with Crippen LogP contribution < -0.4 is 0 Å². The standard InChI is InChI=1S/C5H7ClO/c1-2-3-5(7)4-6/h2H,1,3-4H2. The number of allylic oxidation sites excluding steroid dienone is 1. The van der Waals surface area contributed by atoms with Crippen molar-refractivity contribution >= 4 is 17.4 Å². The molecule has 0 heterocycles. The van der Waals surface area contributed by atoms with Gasteiger partial charge in [-0.15, -0.1) is 18.2 Å². The number of carbonyl (C=O) groups is 1. The first-order chi connectivity index (χ1) is 3.31. The normalized spacial score (nSPS) is 8.14. The SMILES string of the molecule is C=CCC(=O)CCl. The molecule has 1 nitrogen and oxygen atoms in total. The molecule has 0 bridgehead atoms. The van der Waals surface area contributed by atoms with Gasteiger partial charge < -0.3 is 0 Å². The number of rotatable bonds is 3. The van der Waals surface area contributed by atoms with Crippen LogP contribution in [-0.2, 0) is 4.79 Å². The molecule has 0 rings (SSSR count). The van der Waals surface area contributed by atoms with Gasteiger partial charge in [0, 0.05) is 6.42 Å². The highest BCUT2D eigenvalue weighted by molar-refractivity contribution is 6.27. The van der Waals surface area contributed by atoms with E-state index in [-0.39, 0.29) is 11.7 Å². The first-order valence-corrected chi connectivity index (χ1v) is 2.53. The Morgan fingerprint density at radius 2 is 2.43 bits per heavy atom. The fraction of sp³-hybridized carbons (Fsp3) is 0.400. The Balaban J connectivity index is 3.17.